The van der Waals surface area contributed by atoms with Crippen LogP contribution < -0.4 is 5.32 Å². The normalized spacial score (nSPS) is 16.1. The minimum Gasteiger partial charge on any atom is -0.478 e. The fourth-order valence-electron chi connectivity index (χ4n) is 3.07. The fourth-order valence-corrected chi connectivity index (χ4v) is 3.07. The van der Waals surface area contributed by atoms with Crippen molar-refractivity contribution in [3.8, 4) is 0 Å². The molecular formula is C16H23NO4. The van der Waals surface area contributed by atoms with Gasteiger partial charge >= 0.3 is 5.97 Å². The predicted molar refractivity (Wildman–Crippen MR) is 78.0 cm³/mol. The van der Waals surface area contributed by atoms with E-state index in [2.05, 4.69) is 5.32 Å². The Kier molecular flexibility index (Phi) is 4.40. The first-order chi connectivity index (χ1) is 9.82. The van der Waals surface area contributed by atoms with Gasteiger partial charge in [0.2, 0.25) is 5.91 Å². The first kappa shape index (κ1) is 15.6. The molecule has 5 nitrogen and oxygen atoms in total. The summed E-state index contributed by atoms with van der Waals surface area (Å²) in [5, 5.41) is 11.9. The van der Waals surface area contributed by atoms with Gasteiger partial charge in [-0.2, -0.15) is 0 Å². The molecule has 1 fully saturated rings. The molecule has 0 aliphatic heterocycles. The lowest BCUT2D eigenvalue weighted by molar-refractivity contribution is -0.132. The summed E-state index contributed by atoms with van der Waals surface area (Å²) in [6, 6.07) is 1.47. The molecule has 0 unspecified atom stereocenters. The third-order valence-electron chi connectivity index (χ3n) is 4.58. The molecule has 116 valence electrons. The summed E-state index contributed by atoms with van der Waals surface area (Å²) in [4.78, 5) is 23.3. The van der Waals surface area contributed by atoms with E-state index in [4.69, 9.17) is 9.52 Å². The van der Waals surface area contributed by atoms with Crippen LogP contribution in [0.5, 0.6) is 0 Å². The molecule has 21 heavy (non-hydrogen) atoms. The molecule has 1 aliphatic carbocycles. The van der Waals surface area contributed by atoms with E-state index in [0.29, 0.717) is 17.4 Å². The molecule has 5 heteroatoms. The largest absolute Gasteiger partial charge is 0.478 e. The van der Waals surface area contributed by atoms with Crippen LogP contribution in [0.15, 0.2) is 10.5 Å². The second kappa shape index (κ2) is 5.92. The van der Waals surface area contributed by atoms with Gasteiger partial charge in [0, 0.05) is 5.41 Å². The third kappa shape index (κ3) is 3.28. The first-order valence-electron chi connectivity index (χ1n) is 7.43. The van der Waals surface area contributed by atoms with E-state index in [0.717, 1.165) is 12.8 Å². The summed E-state index contributed by atoms with van der Waals surface area (Å²) >= 11 is 0. The van der Waals surface area contributed by atoms with Crippen LogP contribution >= 0.6 is 0 Å². The Morgan fingerprint density at radius 3 is 2.52 bits per heavy atom. The lowest BCUT2D eigenvalue weighted by atomic mass is 9.77. The number of furan rings is 1. The van der Waals surface area contributed by atoms with E-state index in [1.165, 1.54) is 18.9 Å². The maximum absolute atomic E-state index is 12.4. The van der Waals surface area contributed by atoms with Crippen molar-refractivity contribution in [3.63, 3.8) is 0 Å². The number of rotatable bonds is 5. The van der Waals surface area contributed by atoms with Crippen molar-refractivity contribution < 1.29 is 19.1 Å². The molecule has 0 saturated heterocycles. The van der Waals surface area contributed by atoms with Gasteiger partial charge in [-0.1, -0.05) is 26.7 Å². The van der Waals surface area contributed by atoms with Crippen LogP contribution in [0.2, 0.25) is 0 Å². The van der Waals surface area contributed by atoms with Crippen molar-refractivity contribution in [2.45, 2.75) is 53.0 Å². The molecule has 2 rings (SSSR count). The van der Waals surface area contributed by atoms with E-state index < -0.39 is 11.4 Å². The SMILES string of the molecule is Cc1oc(CNC(=O)C(C)(C)C2CCCC2)cc1C(=O)O. The molecule has 1 aromatic heterocycles. The van der Waals surface area contributed by atoms with Crippen LogP contribution in [0.4, 0.5) is 0 Å². The number of carbonyl (C=O) groups is 2. The number of hydrogen-bond acceptors (Lipinski definition) is 3. The Balaban J connectivity index is 1.97. The van der Waals surface area contributed by atoms with Crippen LogP contribution in [-0.2, 0) is 11.3 Å². The molecule has 0 radical (unpaired) electrons. The van der Waals surface area contributed by atoms with E-state index in [-0.39, 0.29) is 18.0 Å². The zero-order valence-corrected chi connectivity index (χ0v) is 12.9. The van der Waals surface area contributed by atoms with Crippen molar-refractivity contribution in [3.05, 3.63) is 23.2 Å². The van der Waals surface area contributed by atoms with Crippen molar-refractivity contribution in [2.75, 3.05) is 0 Å². The van der Waals surface area contributed by atoms with Gasteiger partial charge in [-0.15, -0.1) is 0 Å². The highest BCUT2D eigenvalue weighted by Crippen LogP contribution is 2.39. The molecule has 0 aromatic carbocycles. The van der Waals surface area contributed by atoms with E-state index >= 15 is 0 Å². The van der Waals surface area contributed by atoms with Crippen molar-refractivity contribution >= 4 is 11.9 Å². The summed E-state index contributed by atoms with van der Waals surface area (Å²) in [5.74, 6) is 0.244. The number of carboxylic acid groups (broad SMARTS) is 1. The highest BCUT2D eigenvalue weighted by atomic mass is 16.4. The van der Waals surface area contributed by atoms with Crippen LogP contribution in [0.1, 0.15) is 61.4 Å². The van der Waals surface area contributed by atoms with Crippen molar-refractivity contribution in [2.24, 2.45) is 11.3 Å². The molecule has 1 saturated carbocycles. The number of nitrogens with one attached hydrogen (secondary N) is 1. The minimum atomic E-state index is -1.01. The Morgan fingerprint density at radius 1 is 1.38 bits per heavy atom. The second-order valence-electron chi connectivity index (χ2n) is 6.37. The van der Waals surface area contributed by atoms with Crippen molar-refractivity contribution in [1.29, 1.82) is 0 Å². The van der Waals surface area contributed by atoms with Crippen molar-refractivity contribution in [1.82, 2.24) is 5.32 Å². The highest BCUT2D eigenvalue weighted by molar-refractivity contribution is 5.88. The number of hydrogen-bond donors (Lipinski definition) is 2. The highest BCUT2D eigenvalue weighted by Gasteiger charge is 2.37. The standard InChI is InChI=1S/C16H23NO4/c1-10-13(14(18)19)8-12(21-10)9-17-15(20)16(2,3)11-6-4-5-7-11/h8,11H,4-7,9H2,1-3H3,(H,17,20)(H,18,19). The van der Waals surface area contributed by atoms with Gasteiger partial charge in [-0.25, -0.2) is 4.79 Å². The summed E-state index contributed by atoms with van der Waals surface area (Å²) in [6.07, 6.45) is 4.59. The third-order valence-corrected chi connectivity index (χ3v) is 4.58. The second-order valence-corrected chi connectivity index (χ2v) is 6.37. The summed E-state index contributed by atoms with van der Waals surface area (Å²) in [7, 11) is 0. The monoisotopic (exact) mass is 293 g/mol. The van der Waals surface area contributed by atoms with Crippen LogP contribution in [-0.4, -0.2) is 17.0 Å². The van der Waals surface area contributed by atoms with Gasteiger partial charge in [0.1, 0.15) is 17.1 Å². The first-order valence-corrected chi connectivity index (χ1v) is 7.43. The minimum absolute atomic E-state index is 0.000304. The van der Waals surface area contributed by atoms with Crippen LogP contribution in [0, 0.1) is 18.3 Å². The van der Waals surface area contributed by atoms with E-state index in [9.17, 15) is 9.59 Å². The smallest absolute Gasteiger partial charge is 0.339 e. The number of amides is 1. The molecule has 0 bridgehead atoms. The number of aryl methyl sites for hydroxylation is 1. The van der Waals surface area contributed by atoms with Gasteiger partial charge in [0.15, 0.2) is 0 Å². The Morgan fingerprint density at radius 2 is 2.00 bits per heavy atom. The van der Waals surface area contributed by atoms with Gasteiger partial charge < -0.3 is 14.8 Å². The number of carboxylic acids is 1. The van der Waals surface area contributed by atoms with Gasteiger partial charge in [-0.05, 0) is 31.7 Å². The average molecular weight is 293 g/mol. The average Bonchev–Trinajstić information content (AvgIpc) is 3.05. The van der Waals surface area contributed by atoms with Crippen LogP contribution in [0.3, 0.4) is 0 Å². The van der Waals surface area contributed by atoms with E-state index in [1.807, 2.05) is 13.8 Å². The zero-order chi connectivity index (χ0) is 15.6. The molecular weight excluding hydrogens is 270 g/mol. The maximum Gasteiger partial charge on any atom is 0.339 e. The summed E-state index contributed by atoms with van der Waals surface area (Å²) in [6.45, 7) is 5.79. The number of carbonyl (C=O) groups excluding carboxylic acids is 1. The summed E-state index contributed by atoms with van der Waals surface area (Å²) in [5.41, 5.74) is -0.248. The molecule has 0 atom stereocenters. The van der Waals surface area contributed by atoms with Crippen LogP contribution in [0.25, 0.3) is 0 Å². The number of aromatic carboxylic acids is 1. The lowest BCUT2D eigenvalue weighted by Gasteiger charge is -2.30. The molecule has 1 aliphatic rings. The Hall–Kier alpha value is -1.78. The quantitative estimate of drug-likeness (QED) is 0.874. The van der Waals surface area contributed by atoms with Gasteiger partial charge in [-0.3, -0.25) is 4.79 Å². The lowest BCUT2D eigenvalue weighted by Crippen LogP contribution is -2.40. The predicted octanol–water partition coefficient (Wildman–Crippen LogP) is 3.12. The maximum atomic E-state index is 12.4. The fraction of sp³-hybridized carbons (Fsp3) is 0.625. The Labute approximate surface area is 124 Å². The Bertz CT molecular complexity index is 538. The molecule has 2 N–H and O–H groups in total. The van der Waals surface area contributed by atoms with Gasteiger partial charge in [0.25, 0.3) is 0 Å². The van der Waals surface area contributed by atoms with Gasteiger partial charge in [0.05, 0.1) is 6.54 Å². The zero-order valence-electron chi connectivity index (χ0n) is 12.9. The molecule has 0 spiro atoms. The van der Waals surface area contributed by atoms with E-state index in [1.54, 1.807) is 6.92 Å². The topological polar surface area (TPSA) is 79.5 Å². The molecule has 1 amide bonds. The molecule has 1 heterocycles. The summed E-state index contributed by atoms with van der Waals surface area (Å²) < 4.78 is 5.37. The molecule has 1 aromatic rings.